The van der Waals surface area contributed by atoms with E-state index < -0.39 is 10.7 Å². The second-order valence-electron chi connectivity index (χ2n) is 4.89. The monoisotopic (exact) mass is 281 g/mol. The predicted octanol–water partition coefficient (Wildman–Crippen LogP) is 1.84. The molecule has 1 aromatic rings. The van der Waals surface area contributed by atoms with Crippen molar-refractivity contribution < 1.29 is 14.1 Å². The maximum atomic E-state index is 13.4. The van der Waals surface area contributed by atoms with Gasteiger partial charge in [0.25, 0.3) is 5.69 Å². The fraction of sp³-hybridized carbons (Fsp3) is 0.462. The first kappa shape index (κ1) is 14.2. The molecule has 0 bridgehead atoms. The van der Waals surface area contributed by atoms with E-state index in [0.717, 1.165) is 18.9 Å². The predicted molar refractivity (Wildman–Crippen MR) is 72.1 cm³/mol. The largest absolute Gasteiger partial charge is 0.371 e. The Morgan fingerprint density at radius 3 is 2.60 bits per heavy atom. The number of carbonyl (C=O) groups excluding carboxylic acids is 1. The summed E-state index contributed by atoms with van der Waals surface area (Å²) in [5, 5.41) is 13.6. The summed E-state index contributed by atoms with van der Waals surface area (Å²) < 4.78 is 13.4. The quantitative estimate of drug-likeness (QED) is 0.677. The van der Waals surface area contributed by atoms with Crippen LogP contribution >= 0.6 is 0 Å². The van der Waals surface area contributed by atoms with Crippen LogP contribution in [0.25, 0.3) is 0 Å². The highest BCUT2D eigenvalue weighted by molar-refractivity contribution is 5.73. The van der Waals surface area contributed by atoms with Gasteiger partial charge in [0.2, 0.25) is 5.91 Å². The van der Waals surface area contributed by atoms with Gasteiger partial charge in [0, 0.05) is 37.8 Å². The second-order valence-corrected chi connectivity index (χ2v) is 4.89. The molecule has 0 atom stereocenters. The van der Waals surface area contributed by atoms with E-state index in [2.05, 4.69) is 5.32 Å². The number of carbonyl (C=O) groups is 1. The molecule has 0 aromatic heterocycles. The lowest BCUT2D eigenvalue weighted by Crippen LogP contribution is -2.44. The van der Waals surface area contributed by atoms with Crippen LogP contribution in [0.5, 0.6) is 0 Å². The van der Waals surface area contributed by atoms with Gasteiger partial charge >= 0.3 is 0 Å². The number of halogens is 1. The van der Waals surface area contributed by atoms with Crippen molar-refractivity contribution in [1.29, 1.82) is 0 Å². The van der Waals surface area contributed by atoms with Crippen molar-refractivity contribution in [2.45, 2.75) is 25.8 Å². The van der Waals surface area contributed by atoms with Gasteiger partial charge in [-0.3, -0.25) is 14.9 Å². The van der Waals surface area contributed by atoms with Crippen molar-refractivity contribution in [3.63, 3.8) is 0 Å². The van der Waals surface area contributed by atoms with E-state index >= 15 is 0 Å². The molecule has 6 nitrogen and oxygen atoms in total. The van der Waals surface area contributed by atoms with Crippen LogP contribution in [0.1, 0.15) is 19.8 Å². The number of nitro benzene ring substituents is 1. The molecule has 0 aliphatic carbocycles. The number of hydrogen-bond acceptors (Lipinski definition) is 4. The normalized spacial score (nSPS) is 16.0. The molecule has 1 fully saturated rings. The molecule has 1 aliphatic rings. The van der Waals surface area contributed by atoms with E-state index in [1.807, 2.05) is 4.90 Å². The first-order chi connectivity index (χ1) is 9.45. The van der Waals surface area contributed by atoms with E-state index in [4.69, 9.17) is 0 Å². The number of benzene rings is 1. The summed E-state index contributed by atoms with van der Waals surface area (Å²) in [7, 11) is 0. The molecule has 0 radical (unpaired) electrons. The number of nitrogens with zero attached hydrogens (tertiary/aromatic N) is 2. The minimum atomic E-state index is -0.613. The molecule has 1 aromatic carbocycles. The van der Waals surface area contributed by atoms with Gasteiger partial charge < -0.3 is 10.2 Å². The van der Waals surface area contributed by atoms with Crippen LogP contribution in [0.15, 0.2) is 18.2 Å². The van der Waals surface area contributed by atoms with Crippen LogP contribution in [0.3, 0.4) is 0 Å². The summed E-state index contributed by atoms with van der Waals surface area (Å²) >= 11 is 0. The van der Waals surface area contributed by atoms with E-state index in [9.17, 15) is 19.3 Å². The molecule has 0 unspecified atom stereocenters. The minimum Gasteiger partial charge on any atom is -0.371 e. The molecule has 108 valence electrons. The summed E-state index contributed by atoms with van der Waals surface area (Å²) in [6.45, 7) is 2.74. The second kappa shape index (κ2) is 5.85. The summed E-state index contributed by atoms with van der Waals surface area (Å²) in [6, 6.07) is 3.70. The molecule has 1 N–H and O–H groups in total. The Hall–Kier alpha value is -2.18. The molecule has 0 spiro atoms. The third-order valence-corrected chi connectivity index (χ3v) is 3.35. The van der Waals surface area contributed by atoms with Gasteiger partial charge in [-0.2, -0.15) is 0 Å². The summed E-state index contributed by atoms with van der Waals surface area (Å²) in [5.74, 6) is -0.678. The Morgan fingerprint density at radius 1 is 1.40 bits per heavy atom. The van der Waals surface area contributed by atoms with Gasteiger partial charge in [-0.1, -0.05) is 0 Å². The zero-order chi connectivity index (χ0) is 14.7. The van der Waals surface area contributed by atoms with Crippen molar-refractivity contribution in [2.24, 2.45) is 0 Å². The number of piperidine rings is 1. The van der Waals surface area contributed by atoms with E-state index in [1.54, 1.807) is 0 Å². The van der Waals surface area contributed by atoms with Gasteiger partial charge in [0.15, 0.2) is 0 Å². The van der Waals surface area contributed by atoms with Crippen molar-refractivity contribution >= 4 is 17.3 Å². The summed E-state index contributed by atoms with van der Waals surface area (Å²) in [4.78, 5) is 23.0. The average molecular weight is 281 g/mol. The highest BCUT2D eigenvalue weighted by Gasteiger charge is 2.21. The molecule has 1 saturated heterocycles. The van der Waals surface area contributed by atoms with Crippen LogP contribution in [-0.4, -0.2) is 30.0 Å². The lowest BCUT2D eigenvalue weighted by molar-refractivity contribution is -0.385. The Bertz CT molecular complexity index is 528. The molecule has 1 heterocycles. The van der Waals surface area contributed by atoms with Crippen LogP contribution < -0.4 is 10.2 Å². The van der Waals surface area contributed by atoms with Crippen LogP contribution in [0.2, 0.25) is 0 Å². The molecular weight excluding hydrogens is 265 g/mol. The summed E-state index contributed by atoms with van der Waals surface area (Å²) in [6.07, 6.45) is 1.48. The van der Waals surface area contributed by atoms with E-state index in [-0.39, 0.29) is 17.6 Å². The summed E-state index contributed by atoms with van der Waals surface area (Å²) in [5.41, 5.74) is 0.266. The lowest BCUT2D eigenvalue weighted by atomic mass is 10.0. The van der Waals surface area contributed by atoms with Gasteiger partial charge in [-0.25, -0.2) is 4.39 Å². The zero-order valence-electron chi connectivity index (χ0n) is 11.1. The molecule has 2 rings (SSSR count). The highest BCUT2D eigenvalue weighted by Crippen LogP contribution is 2.26. The number of hydrogen-bond donors (Lipinski definition) is 1. The fourth-order valence-electron chi connectivity index (χ4n) is 2.42. The molecule has 1 amide bonds. The molecule has 7 heteroatoms. The lowest BCUT2D eigenvalue weighted by Gasteiger charge is -2.33. The molecule has 0 saturated carbocycles. The van der Waals surface area contributed by atoms with Crippen molar-refractivity contribution in [3.05, 3.63) is 34.1 Å². The number of nitrogens with one attached hydrogen (secondary N) is 1. The maximum absolute atomic E-state index is 13.4. The minimum absolute atomic E-state index is 0.0650. The number of non-ortho nitro benzene ring substituents is 1. The van der Waals surface area contributed by atoms with Gasteiger partial charge in [-0.15, -0.1) is 0 Å². The number of amides is 1. The topological polar surface area (TPSA) is 75.5 Å². The average Bonchev–Trinajstić information content (AvgIpc) is 2.38. The zero-order valence-corrected chi connectivity index (χ0v) is 11.1. The molecule has 20 heavy (non-hydrogen) atoms. The van der Waals surface area contributed by atoms with Crippen LogP contribution in [0.4, 0.5) is 15.8 Å². The highest BCUT2D eigenvalue weighted by atomic mass is 19.1. The van der Waals surface area contributed by atoms with Gasteiger partial charge in [0.1, 0.15) is 5.82 Å². The Balaban J connectivity index is 2.07. The smallest absolute Gasteiger partial charge is 0.274 e. The third kappa shape index (κ3) is 3.43. The fourth-order valence-corrected chi connectivity index (χ4v) is 2.42. The first-order valence-corrected chi connectivity index (χ1v) is 6.43. The number of anilines is 1. The van der Waals surface area contributed by atoms with E-state index in [1.165, 1.54) is 19.1 Å². The van der Waals surface area contributed by atoms with Crippen molar-refractivity contribution in [2.75, 3.05) is 18.0 Å². The van der Waals surface area contributed by atoms with E-state index in [0.29, 0.717) is 18.8 Å². The van der Waals surface area contributed by atoms with Gasteiger partial charge in [-0.05, 0) is 18.9 Å². The maximum Gasteiger partial charge on any atom is 0.274 e. The molecule has 1 aliphatic heterocycles. The molecular formula is C13H16FN3O3. The standard InChI is InChI=1S/C13H16FN3O3/c1-9(18)15-11-2-4-16(5-3-11)12-6-10(14)7-13(8-12)17(19)20/h6-8,11H,2-5H2,1H3,(H,15,18). The number of rotatable bonds is 3. The third-order valence-electron chi connectivity index (χ3n) is 3.35. The first-order valence-electron chi connectivity index (χ1n) is 6.43. The Morgan fingerprint density at radius 2 is 2.05 bits per heavy atom. The van der Waals surface area contributed by atoms with Crippen LogP contribution in [0, 0.1) is 15.9 Å². The Labute approximate surface area is 115 Å². The van der Waals surface area contributed by atoms with Crippen LogP contribution in [-0.2, 0) is 4.79 Å². The van der Waals surface area contributed by atoms with Gasteiger partial charge in [0.05, 0.1) is 11.0 Å². The number of nitro groups is 1. The van der Waals surface area contributed by atoms with Crippen molar-refractivity contribution in [1.82, 2.24) is 5.32 Å². The Kier molecular flexibility index (Phi) is 4.16. The SMILES string of the molecule is CC(=O)NC1CCN(c2cc(F)cc([N+](=O)[O-])c2)CC1. The van der Waals surface area contributed by atoms with Crippen molar-refractivity contribution in [3.8, 4) is 0 Å².